The molecule has 1 aliphatic rings. The van der Waals surface area contributed by atoms with Crippen LogP contribution in [0.2, 0.25) is 0 Å². The summed E-state index contributed by atoms with van der Waals surface area (Å²) in [5, 5.41) is 9.14. The van der Waals surface area contributed by atoms with E-state index in [9.17, 15) is 13.2 Å². The van der Waals surface area contributed by atoms with E-state index in [1.165, 1.54) is 21.1 Å². The van der Waals surface area contributed by atoms with E-state index in [2.05, 4.69) is 0 Å². The predicted octanol–water partition coefficient (Wildman–Crippen LogP) is 2.16. The molecule has 0 aromatic carbocycles. The molecule has 0 amide bonds. The number of aryl methyl sites for hydroxylation is 1. The average Bonchev–Trinajstić information content (AvgIpc) is 2.82. The van der Waals surface area contributed by atoms with E-state index >= 15 is 0 Å². The van der Waals surface area contributed by atoms with Crippen LogP contribution in [-0.2, 0) is 16.6 Å². The van der Waals surface area contributed by atoms with Crippen molar-refractivity contribution in [1.29, 1.82) is 0 Å². The van der Waals surface area contributed by atoms with Crippen molar-refractivity contribution >= 4 is 16.0 Å². The Hall–Kier alpha value is -1.34. The monoisotopic (exact) mass is 314 g/mol. The quantitative estimate of drug-likeness (QED) is 0.923. The molecule has 1 aliphatic heterocycles. The molecule has 0 saturated carbocycles. The van der Waals surface area contributed by atoms with Crippen molar-refractivity contribution in [1.82, 2.24) is 8.87 Å². The van der Waals surface area contributed by atoms with Crippen molar-refractivity contribution in [2.75, 3.05) is 13.1 Å². The standard InChI is InChI=1S/C14H22N2O4S/c1-2-15-11-12(10-13(15)14(17)18)21(19,20)16-8-6-4-3-5-7-9-16/h10-11H,2-9H2,1H3,(H,17,18). The lowest BCUT2D eigenvalue weighted by Gasteiger charge is -2.23. The van der Waals surface area contributed by atoms with Gasteiger partial charge in [0.05, 0.1) is 0 Å². The fourth-order valence-corrected chi connectivity index (χ4v) is 4.23. The Kier molecular flexibility index (Phi) is 5.05. The summed E-state index contributed by atoms with van der Waals surface area (Å²) in [6, 6.07) is 1.26. The predicted molar refractivity (Wildman–Crippen MR) is 78.9 cm³/mol. The first-order valence-corrected chi connectivity index (χ1v) is 8.84. The molecule has 2 heterocycles. The van der Waals surface area contributed by atoms with Crippen LogP contribution in [0.3, 0.4) is 0 Å². The summed E-state index contributed by atoms with van der Waals surface area (Å²) in [5.74, 6) is -1.11. The first kappa shape index (κ1) is 16.0. The number of carboxylic acid groups (broad SMARTS) is 1. The third-order valence-corrected chi connectivity index (χ3v) is 5.75. The number of carboxylic acids is 1. The summed E-state index contributed by atoms with van der Waals surface area (Å²) in [6.07, 6.45) is 6.39. The number of aromatic nitrogens is 1. The van der Waals surface area contributed by atoms with Gasteiger partial charge in [0.15, 0.2) is 0 Å². The highest BCUT2D eigenvalue weighted by molar-refractivity contribution is 7.89. The lowest BCUT2D eigenvalue weighted by Crippen LogP contribution is -2.33. The molecule has 1 fully saturated rings. The molecule has 0 unspecified atom stereocenters. The van der Waals surface area contributed by atoms with Gasteiger partial charge in [-0.25, -0.2) is 13.2 Å². The van der Waals surface area contributed by atoms with Gasteiger partial charge in [0.25, 0.3) is 0 Å². The Morgan fingerprint density at radius 1 is 1.19 bits per heavy atom. The molecule has 1 aromatic rings. The molecule has 7 heteroatoms. The fraction of sp³-hybridized carbons (Fsp3) is 0.643. The topological polar surface area (TPSA) is 79.6 Å². The van der Waals surface area contributed by atoms with Gasteiger partial charge >= 0.3 is 5.97 Å². The lowest BCUT2D eigenvalue weighted by molar-refractivity contribution is 0.0685. The number of nitrogens with zero attached hydrogens (tertiary/aromatic N) is 2. The van der Waals surface area contributed by atoms with Crippen LogP contribution in [0.15, 0.2) is 17.2 Å². The van der Waals surface area contributed by atoms with E-state index in [-0.39, 0.29) is 10.6 Å². The van der Waals surface area contributed by atoms with Crippen molar-refractivity contribution in [3.63, 3.8) is 0 Å². The first-order chi connectivity index (χ1) is 9.96. The maximum atomic E-state index is 12.7. The molecule has 1 aromatic heterocycles. The lowest BCUT2D eigenvalue weighted by atomic mass is 10.1. The summed E-state index contributed by atoms with van der Waals surface area (Å²) in [6.45, 7) is 3.25. The van der Waals surface area contributed by atoms with Crippen LogP contribution in [0.1, 0.15) is 49.5 Å². The Bertz CT molecular complexity index is 598. The average molecular weight is 314 g/mol. The maximum absolute atomic E-state index is 12.7. The van der Waals surface area contributed by atoms with Crippen molar-refractivity contribution < 1.29 is 18.3 Å². The third kappa shape index (κ3) is 3.47. The van der Waals surface area contributed by atoms with E-state index in [0.29, 0.717) is 19.6 Å². The van der Waals surface area contributed by atoms with Crippen molar-refractivity contribution in [2.45, 2.75) is 50.5 Å². The molecular weight excluding hydrogens is 292 g/mol. The highest BCUT2D eigenvalue weighted by atomic mass is 32.2. The van der Waals surface area contributed by atoms with Crippen molar-refractivity contribution in [3.05, 3.63) is 18.0 Å². The Morgan fingerprint density at radius 2 is 1.76 bits per heavy atom. The number of hydrogen-bond donors (Lipinski definition) is 1. The van der Waals surface area contributed by atoms with Gasteiger partial charge in [0, 0.05) is 25.8 Å². The number of hydrogen-bond acceptors (Lipinski definition) is 3. The van der Waals surface area contributed by atoms with E-state index in [1.54, 1.807) is 6.92 Å². The summed E-state index contributed by atoms with van der Waals surface area (Å²) in [4.78, 5) is 11.3. The number of rotatable bonds is 4. The van der Waals surface area contributed by atoms with E-state index in [1.807, 2.05) is 0 Å². The maximum Gasteiger partial charge on any atom is 0.352 e. The largest absolute Gasteiger partial charge is 0.477 e. The minimum absolute atomic E-state index is 0.0168. The van der Waals surface area contributed by atoms with Gasteiger partial charge < -0.3 is 9.67 Å². The van der Waals surface area contributed by atoms with Crippen LogP contribution in [0, 0.1) is 0 Å². The van der Waals surface area contributed by atoms with Gasteiger partial charge in [-0.1, -0.05) is 19.3 Å². The van der Waals surface area contributed by atoms with Crippen LogP contribution >= 0.6 is 0 Å². The molecule has 118 valence electrons. The zero-order valence-electron chi connectivity index (χ0n) is 12.3. The first-order valence-electron chi connectivity index (χ1n) is 7.40. The van der Waals surface area contributed by atoms with Gasteiger partial charge in [0.1, 0.15) is 10.6 Å². The van der Waals surface area contributed by atoms with Crippen LogP contribution in [-0.4, -0.2) is 41.5 Å². The Morgan fingerprint density at radius 3 is 2.24 bits per heavy atom. The van der Waals surface area contributed by atoms with Gasteiger partial charge in [-0.2, -0.15) is 4.31 Å². The minimum Gasteiger partial charge on any atom is -0.477 e. The zero-order valence-corrected chi connectivity index (χ0v) is 13.1. The van der Waals surface area contributed by atoms with Crippen LogP contribution < -0.4 is 0 Å². The van der Waals surface area contributed by atoms with E-state index in [4.69, 9.17) is 5.11 Å². The summed E-state index contributed by atoms with van der Waals surface area (Å²) < 4.78 is 28.3. The molecule has 6 nitrogen and oxygen atoms in total. The van der Waals surface area contributed by atoms with E-state index < -0.39 is 16.0 Å². The van der Waals surface area contributed by atoms with Crippen LogP contribution in [0.25, 0.3) is 0 Å². The molecule has 1 saturated heterocycles. The summed E-state index contributed by atoms with van der Waals surface area (Å²) >= 11 is 0. The second kappa shape index (κ2) is 6.62. The Labute approximate surface area is 125 Å². The fourth-order valence-electron chi connectivity index (χ4n) is 2.67. The van der Waals surface area contributed by atoms with Gasteiger partial charge in [-0.05, 0) is 25.8 Å². The van der Waals surface area contributed by atoms with Gasteiger partial charge in [0.2, 0.25) is 10.0 Å². The molecule has 0 atom stereocenters. The van der Waals surface area contributed by atoms with E-state index in [0.717, 1.165) is 32.1 Å². The highest BCUT2D eigenvalue weighted by Crippen LogP contribution is 2.22. The highest BCUT2D eigenvalue weighted by Gasteiger charge is 2.27. The summed E-state index contributed by atoms with van der Waals surface area (Å²) in [7, 11) is -3.60. The molecule has 0 bridgehead atoms. The van der Waals surface area contributed by atoms with Crippen molar-refractivity contribution in [2.24, 2.45) is 0 Å². The van der Waals surface area contributed by atoms with Crippen molar-refractivity contribution in [3.8, 4) is 0 Å². The molecule has 0 radical (unpaired) electrons. The third-order valence-electron chi connectivity index (χ3n) is 3.88. The number of aromatic carboxylic acids is 1. The zero-order chi connectivity index (χ0) is 15.5. The van der Waals surface area contributed by atoms with Gasteiger partial charge in [-0.3, -0.25) is 0 Å². The SMILES string of the molecule is CCn1cc(S(=O)(=O)N2CCCCCCC2)cc1C(=O)O. The minimum atomic E-state index is -3.60. The number of sulfonamides is 1. The molecule has 0 aliphatic carbocycles. The second-order valence-corrected chi connectivity index (χ2v) is 7.26. The molecule has 0 spiro atoms. The van der Waals surface area contributed by atoms with Gasteiger partial charge in [-0.15, -0.1) is 0 Å². The van der Waals surface area contributed by atoms with Crippen LogP contribution in [0.5, 0.6) is 0 Å². The smallest absolute Gasteiger partial charge is 0.352 e. The molecule has 2 rings (SSSR count). The second-order valence-electron chi connectivity index (χ2n) is 5.32. The Balaban J connectivity index is 2.31. The normalized spacial score (nSPS) is 18.1. The summed E-state index contributed by atoms with van der Waals surface area (Å²) in [5.41, 5.74) is 0.0168. The molecule has 21 heavy (non-hydrogen) atoms. The molecular formula is C14H22N2O4S. The molecule has 1 N–H and O–H groups in total. The van der Waals surface area contributed by atoms with Crippen LogP contribution in [0.4, 0.5) is 0 Å². The number of carbonyl (C=O) groups is 1.